The van der Waals surface area contributed by atoms with Crippen molar-refractivity contribution in [2.75, 3.05) is 18.5 Å². The fraction of sp³-hybridized carbons (Fsp3) is 0.143. The van der Waals surface area contributed by atoms with Crippen molar-refractivity contribution in [3.8, 4) is 23.1 Å². The molecular weight excluding hydrogens is 344 g/mol. The minimum absolute atomic E-state index is 0.163. The predicted molar refractivity (Wildman–Crippen MR) is 102 cm³/mol. The number of ether oxygens (including phenoxy) is 3. The summed E-state index contributed by atoms with van der Waals surface area (Å²) in [6.45, 7) is 2.24. The third-order valence-electron chi connectivity index (χ3n) is 3.51. The van der Waals surface area contributed by atoms with Crippen LogP contribution < -0.4 is 19.5 Å². The summed E-state index contributed by atoms with van der Waals surface area (Å²) in [7, 11) is 0. The van der Waals surface area contributed by atoms with Crippen LogP contribution in [0.2, 0.25) is 0 Å². The van der Waals surface area contributed by atoms with E-state index in [1.165, 1.54) is 0 Å². The van der Waals surface area contributed by atoms with E-state index in [1.54, 1.807) is 30.5 Å². The average molecular weight is 364 g/mol. The Morgan fingerprint density at radius 3 is 2.37 bits per heavy atom. The number of para-hydroxylation sites is 3. The highest BCUT2D eigenvalue weighted by Crippen LogP contribution is 2.28. The molecule has 0 spiro atoms. The second kappa shape index (κ2) is 9.24. The van der Waals surface area contributed by atoms with E-state index in [1.807, 2.05) is 49.4 Å². The first kappa shape index (κ1) is 18.3. The quantitative estimate of drug-likeness (QED) is 0.646. The van der Waals surface area contributed by atoms with E-state index in [2.05, 4.69) is 10.3 Å². The van der Waals surface area contributed by atoms with Gasteiger partial charge in [0.1, 0.15) is 11.4 Å². The summed E-state index contributed by atoms with van der Waals surface area (Å²) >= 11 is 0. The van der Waals surface area contributed by atoms with Crippen molar-refractivity contribution in [3.63, 3.8) is 0 Å². The monoisotopic (exact) mass is 364 g/mol. The number of anilines is 1. The van der Waals surface area contributed by atoms with Gasteiger partial charge in [-0.05, 0) is 43.3 Å². The second-order valence-electron chi connectivity index (χ2n) is 5.49. The molecule has 0 bridgehead atoms. The van der Waals surface area contributed by atoms with Gasteiger partial charge in [0, 0.05) is 6.20 Å². The van der Waals surface area contributed by atoms with Crippen LogP contribution in [-0.4, -0.2) is 24.1 Å². The van der Waals surface area contributed by atoms with Crippen molar-refractivity contribution in [3.05, 3.63) is 72.9 Å². The molecule has 3 rings (SSSR count). The second-order valence-corrected chi connectivity index (χ2v) is 5.49. The molecule has 0 aliphatic heterocycles. The Morgan fingerprint density at radius 1 is 0.926 bits per heavy atom. The van der Waals surface area contributed by atoms with E-state index in [9.17, 15) is 4.79 Å². The van der Waals surface area contributed by atoms with Crippen molar-refractivity contribution in [1.29, 1.82) is 0 Å². The number of nitrogens with zero attached hydrogens (tertiary/aromatic N) is 1. The molecule has 0 atom stereocenters. The molecule has 0 unspecified atom stereocenters. The number of carbonyl (C=O) groups excluding carboxylic acids is 1. The van der Waals surface area contributed by atoms with Crippen LogP contribution in [0.15, 0.2) is 72.9 Å². The number of nitrogens with one attached hydrogen (secondary N) is 1. The van der Waals surface area contributed by atoms with Crippen molar-refractivity contribution >= 4 is 11.6 Å². The number of pyridine rings is 1. The van der Waals surface area contributed by atoms with Crippen LogP contribution in [0.4, 0.5) is 5.69 Å². The van der Waals surface area contributed by atoms with Gasteiger partial charge in [-0.3, -0.25) is 4.79 Å². The zero-order valence-electron chi connectivity index (χ0n) is 14.9. The van der Waals surface area contributed by atoms with Gasteiger partial charge in [-0.1, -0.05) is 30.3 Å². The molecule has 138 valence electrons. The van der Waals surface area contributed by atoms with Crippen LogP contribution in [0.25, 0.3) is 0 Å². The van der Waals surface area contributed by atoms with Gasteiger partial charge in [0.2, 0.25) is 5.88 Å². The van der Waals surface area contributed by atoms with Crippen LogP contribution in [-0.2, 0) is 4.79 Å². The standard InChI is InChI=1S/C21H20N2O4/c1-2-25-18-12-6-7-13-19(18)26-15-20(24)23-17-11-8-14-22-21(17)27-16-9-4-3-5-10-16/h3-14H,2,15H2,1H3,(H,23,24). The largest absolute Gasteiger partial charge is 0.490 e. The van der Waals surface area contributed by atoms with E-state index in [0.29, 0.717) is 35.4 Å². The molecule has 6 heteroatoms. The number of rotatable bonds is 8. The molecule has 2 aromatic carbocycles. The molecule has 0 saturated heterocycles. The Kier molecular flexibility index (Phi) is 6.25. The number of carbonyl (C=O) groups is 1. The van der Waals surface area contributed by atoms with E-state index < -0.39 is 0 Å². The molecule has 1 aromatic heterocycles. The molecule has 0 aliphatic rings. The number of hydrogen-bond donors (Lipinski definition) is 1. The fourth-order valence-electron chi connectivity index (χ4n) is 2.34. The van der Waals surface area contributed by atoms with E-state index >= 15 is 0 Å². The molecule has 0 fully saturated rings. The van der Waals surface area contributed by atoms with Crippen LogP contribution in [0.5, 0.6) is 23.1 Å². The normalized spacial score (nSPS) is 10.1. The predicted octanol–water partition coefficient (Wildman–Crippen LogP) is 4.29. The molecule has 0 radical (unpaired) electrons. The molecular formula is C21H20N2O4. The summed E-state index contributed by atoms with van der Waals surface area (Å²) in [6, 6.07) is 19.9. The van der Waals surface area contributed by atoms with Crippen molar-refractivity contribution < 1.29 is 19.0 Å². The SMILES string of the molecule is CCOc1ccccc1OCC(=O)Nc1cccnc1Oc1ccccc1. The first-order chi connectivity index (χ1) is 13.3. The zero-order chi connectivity index (χ0) is 18.9. The van der Waals surface area contributed by atoms with Crippen LogP contribution >= 0.6 is 0 Å². The van der Waals surface area contributed by atoms with Gasteiger partial charge in [0.15, 0.2) is 18.1 Å². The molecule has 0 saturated carbocycles. The molecule has 27 heavy (non-hydrogen) atoms. The van der Waals surface area contributed by atoms with E-state index in [0.717, 1.165) is 0 Å². The number of amides is 1. The van der Waals surface area contributed by atoms with Gasteiger partial charge in [-0.2, -0.15) is 0 Å². The third kappa shape index (κ3) is 5.22. The maximum atomic E-state index is 12.3. The number of benzene rings is 2. The van der Waals surface area contributed by atoms with E-state index in [-0.39, 0.29) is 12.5 Å². The van der Waals surface area contributed by atoms with Crippen molar-refractivity contribution in [2.24, 2.45) is 0 Å². The lowest BCUT2D eigenvalue weighted by molar-refractivity contribution is -0.118. The van der Waals surface area contributed by atoms with Gasteiger partial charge in [-0.25, -0.2) is 4.98 Å². The van der Waals surface area contributed by atoms with Gasteiger partial charge < -0.3 is 19.5 Å². The molecule has 1 heterocycles. The Bertz CT molecular complexity index is 884. The Balaban J connectivity index is 1.63. The Hall–Kier alpha value is -3.54. The van der Waals surface area contributed by atoms with Crippen LogP contribution in [0, 0.1) is 0 Å². The molecule has 6 nitrogen and oxygen atoms in total. The zero-order valence-corrected chi connectivity index (χ0v) is 14.9. The minimum Gasteiger partial charge on any atom is -0.490 e. The van der Waals surface area contributed by atoms with Gasteiger partial charge in [0.05, 0.1) is 6.61 Å². The average Bonchev–Trinajstić information content (AvgIpc) is 2.70. The molecule has 0 aliphatic carbocycles. The van der Waals surface area contributed by atoms with Crippen LogP contribution in [0.3, 0.4) is 0 Å². The highest BCUT2D eigenvalue weighted by Gasteiger charge is 2.12. The Morgan fingerprint density at radius 2 is 1.63 bits per heavy atom. The smallest absolute Gasteiger partial charge is 0.262 e. The number of hydrogen-bond acceptors (Lipinski definition) is 5. The maximum Gasteiger partial charge on any atom is 0.262 e. The van der Waals surface area contributed by atoms with Crippen molar-refractivity contribution in [1.82, 2.24) is 4.98 Å². The lowest BCUT2D eigenvalue weighted by Gasteiger charge is -2.13. The summed E-state index contributed by atoms with van der Waals surface area (Å²) in [5.41, 5.74) is 0.466. The first-order valence-electron chi connectivity index (χ1n) is 8.58. The molecule has 1 N–H and O–H groups in total. The summed E-state index contributed by atoms with van der Waals surface area (Å²) in [4.78, 5) is 16.5. The highest BCUT2D eigenvalue weighted by molar-refractivity contribution is 5.93. The minimum atomic E-state index is -0.327. The Labute approximate surface area is 157 Å². The lowest BCUT2D eigenvalue weighted by atomic mass is 10.3. The van der Waals surface area contributed by atoms with Gasteiger partial charge in [-0.15, -0.1) is 0 Å². The third-order valence-corrected chi connectivity index (χ3v) is 3.51. The topological polar surface area (TPSA) is 69.7 Å². The van der Waals surface area contributed by atoms with Gasteiger partial charge >= 0.3 is 0 Å². The summed E-state index contributed by atoms with van der Waals surface area (Å²) < 4.78 is 16.8. The van der Waals surface area contributed by atoms with Gasteiger partial charge in [0.25, 0.3) is 5.91 Å². The fourth-order valence-corrected chi connectivity index (χ4v) is 2.34. The molecule has 1 amide bonds. The maximum absolute atomic E-state index is 12.3. The molecule has 3 aromatic rings. The lowest BCUT2D eigenvalue weighted by Crippen LogP contribution is -2.20. The van der Waals surface area contributed by atoms with E-state index in [4.69, 9.17) is 14.2 Å². The van der Waals surface area contributed by atoms with Crippen LogP contribution in [0.1, 0.15) is 6.92 Å². The summed E-state index contributed by atoms with van der Waals surface area (Å²) in [5, 5.41) is 2.76. The summed E-state index contributed by atoms with van der Waals surface area (Å²) in [5.74, 6) is 1.73. The summed E-state index contributed by atoms with van der Waals surface area (Å²) in [6.07, 6.45) is 1.60. The van der Waals surface area contributed by atoms with Crippen molar-refractivity contribution in [2.45, 2.75) is 6.92 Å². The first-order valence-corrected chi connectivity index (χ1v) is 8.58. The highest BCUT2D eigenvalue weighted by atomic mass is 16.5. The number of aromatic nitrogens is 1.